The Labute approximate surface area is 187 Å². The Morgan fingerprint density at radius 1 is 1.13 bits per heavy atom. The van der Waals surface area contributed by atoms with Gasteiger partial charge in [0.25, 0.3) is 15.9 Å². The molecule has 4 rings (SSSR count). The Balaban J connectivity index is 1.70. The van der Waals surface area contributed by atoms with E-state index in [0.29, 0.717) is 19.1 Å². The molecule has 1 N–H and O–H groups in total. The molecular formula is C21H29N5O3S2. The smallest absolute Gasteiger partial charge is 0.263 e. The fourth-order valence-electron chi connectivity index (χ4n) is 4.48. The van der Waals surface area contributed by atoms with Gasteiger partial charge in [0.15, 0.2) is 5.82 Å². The average Bonchev–Trinajstić information content (AvgIpc) is 3.31. The van der Waals surface area contributed by atoms with E-state index in [9.17, 15) is 13.2 Å². The summed E-state index contributed by atoms with van der Waals surface area (Å²) in [6.07, 6.45) is 8.79. The highest BCUT2D eigenvalue weighted by atomic mass is 32.2. The number of nitrogens with one attached hydrogen (secondary N) is 1. The van der Waals surface area contributed by atoms with E-state index in [1.165, 1.54) is 24.6 Å². The van der Waals surface area contributed by atoms with E-state index in [2.05, 4.69) is 19.2 Å². The number of carbonyl (C=O) groups is 1. The van der Waals surface area contributed by atoms with Gasteiger partial charge in [-0.05, 0) is 61.8 Å². The minimum atomic E-state index is -4.00. The van der Waals surface area contributed by atoms with Crippen LogP contribution in [0.1, 0.15) is 61.7 Å². The van der Waals surface area contributed by atoms with Crippen molar-refractivity contribution in [1.82, 2.24) is 14.5 Å². The van der Waals surface area contributed by atoms with Crippen molar-refractivity contribution >= 4 is 39.0 Å². The summed E-state index contributed by atoms with van der Waals surface area (Å²) in [6, 6.07) is 5.55. The van der Waals surface area contributed by atoms with Crippen molar-refractivity contribution in [3.63, 3.8) is 0 Å². The zero-order valence-electron chi connectivity index (χ0n) is 17.8. The van der Waals surface area contributed by atoms with Crippen LogP contribution in [0.5, 0.6) is 0 Å². The molecule has 31 heavy (non-hydrogen) atoms. The Kier molecular flexibility index (Phi) is 6.76. The van der Waals surface area contributed by atoms with Crippen molar-refractivity contribution in [2.75, 3.05) is 29.8 Å². The Hall–Kier alpha value is -2.20. The molecule has 0 spiro atoms. The molecule has 2 aromatic rings. The van der Waals surface area contributed by atoms with Gasteiger partial charge >= 0.3 is 0 Å². The van der Waals surface area contributed by atoms with Gasteiger partial charge in [-0.25, -0.2) is 8.42 Å². The summed E-state index contributed by atoms with van der Waals surface area (Å²) in [5.74, 6) is -0.0734. The summed E-state index contributed by atoms with van der Waals surface area (Å²) < 4.78 is 32.8. The van der Waals surface area contributed by atoms with E-state index in [-0.39, 0.29) is 22.2 Å². The molecule has 1 saturated carbocycles. The number of hydrogen-bond donors (Lipinski definition) is 1. The fourth-order valence-corrected chi connectivity index (χ4v) is 6.15. The second-order valence-corrected chi connectivity index (χ2v) is 10.6. The van der Waals surface area contributed by atoms with Gasteiger partial charge in [0, 0.05) is 31.9 Å². The number of carbonyl (C=O) groups excluding carboxylic acids is 1. The average molecular weight is 464 g/mol. The maximum absolute atomic E-state index is 13.3. The van der Waals surface area contributed by atoms with Crippen LogP contribution in [-0.2, 0) is 10.0 Å². The predicted molar refractivity (Wildman–Crippen MR) is 122 cm³/mol. The molecule has 0 bridgehead atoms. The summed E-state index contributed by atoms with van der Waals surface area (Å²) >= 11 is 1.06. The predicted octanol–water partition coefficient (Wildman–Crippen LogP) is 3.73. The normalized spacial score (nSPS) is 18.0. The third kappa shape index (κ3) is 5.01. The van der Waals surface area contributed by atoms with Crippen LogP contribution in [0.15, 0.2) is 28.5 Å². The van der Waals surface area contributed by atoms with Crippen LogP contribution in [0.3, 0.4) is 0 Å². The first-order valence-corrected chi connectivity index (χ1v) is 13.2. The summed E-state index contributed by atoms with van der Waals surface area (Å²) in [4.78, 5) is 17.2. The summed E-state index contributed by atoms with van der Waals surface area (Å²) in [5, 5.41) is 5.32. The first-order chi connectivity index (χ1) is 15.0. The maximum atomic E-state index is 13.3. The van der Waals surface area contributed by atoms with Crippen LogP contribution >= 0.6 is 11.5 Å². The highest BCUT2D eigenvalue weighted by Gasteiger charge is 2.29. The minimum absolute atomic E-state index is 0.00349. The van der Waals surface area contributed by atoms with Crippen LogP contribution < -0.4 is 9.62 Å². The quantitative estimate of drug-likeness (QED) is 0.701. The van der Waals surface area contributed by atoms with E-state index >= 15 is 0 Å². The van der Waals surface area contributed by atoms with Crippen LogP contribution in [0.25, 0.3) is 0 Å². The van der Waals surface area contributed by atoms with Crippen LogP contribution in [0, 0.1) is 0 Å². The van der Waals surface area contributed by atoms with Gasteiger partial charge in [-0.1, -0.05) is 23.8 Å². The van der Waals surface area contributed by atoms with Crippen LogP contribution in [-0.4, -0.2) is 55.0 Å². The molecular weight excluding hydrogens is 434 g/mol. The molecule has 0 atom stereocenters. The van der Waals surface area contributed by atoms with Crippen LogP contribution in [0.2, 0.25) is 0 Å². The third-order valence-electron chi connectivity index (χ3n) is 6.26. The molecule has 1 aliphatic heterocycles. The van der Waals surface area contributed by atoms with Crippen LogP contribution in [0.4, 0.5) is 11.5 Å². The second kappa shape index (κ2) is 9.52. The Morgan fingerprint density at radius 3 is 2.52 bits per heavy atom. The van der Waals surface area contributed by atoms with Crippen molar-refractivity contribution < 1.29 is 13.2 Å². The van der Waals surface area contributed by atoms with E-state index in [4.69, 9.17) is 0 Å². The molecule has 1 amide bonds. The zero-order chi connectivity index (χ0) is 21.8. The van der Waals surface area contributed by atoms with Gasteiger partial charge in [-0.3, -0.25) is 9.52 Å². The number of anilines is 2. The SMILES string of the molecule is CN(c1ccc(C(=O)N2CCCCC2)c(S(=O)(=O)Nc2csnn2)c1)C1CCCCC1. The first-order valence-electron chi connectivity index (χ1n) is 10.9. The fraction of sp³-hybridized carbons (Fsp3) is 0.571. The minimum Gasteiger partial charge on any atom is -0.372 e. The number of sulfonamides is 1. The molecule has 10 heteroatoms. The van der Waals surface area contributed by atoms with Crippen molar-refractivity contribution in [3.8, 4) is 0 Å². The van der Waals surface area contributed by atoms with Gasteiger partial charge in [-0.15, -0.1) is 5.10 Å². The Morgan fingerprint density at radius 2 is 1.84 bits per heavy atom. The molecule has 1 aliphatic carbocycles. The lowest BCUT2D eigenvalue weighted by Gasteiger charge is -2.33. The van der Waals surface area contributed by atoms with Gasteiger partial charge < -0.3 is 9.80 Å². The van der Waals surface area contributed by atoms with Crippen molar-refractivity contribution in [3.05, 3.63) is 29.1 Å². The van der Waals surface area contributed by atoms with E-state index < -0.39 is 10.0 Å². The molecule has 1 saturated heterocycles. The molecule has 1 aromatic heterocycles. The lowest BCUT2D eigenvalue weighted by atomic mass is 9.94. The molecule has 2 aliphatic rings. The molecule has 2 fully saturated rings. The maximum Gasteiger partial charge on any atom is 0.263 e. The second-order valence-electron chi connectivity index (χ2n) is 8.33. The van der Waals surface area contributed by atoms with Crippen molar-refractivity contribution in [1.29, 1.82) is 0 Å². The Bertz CT molecular complexity index is 998. The number of benzene rings is 1. The number of likely N-dealkylation sites (tertiary alicyclic amines) is 1. The first kappa shape index (κ1) is 22.0. The van der Waals surface area contributed by atoms with Gasteiger partial charge in [0.05, 0.1) is 10.9 Å². The topological polar surface area (TPSA) is 95.5 Å². The lowest BCUT2D eigenvalue weighted by molar-refractivity contribution is 0.0720. The number of piperidine rings is 1. The summed E-state index contributed by atoms with van der Waals surface area (Å²) in [5.41, 5.74) is 1.01. The standard InChI is InChI=1S/C21H29N5O3S2/c1-25(16-8-4-2-5-9-16)17-10-11-18(21(27)26-12-6-3-7-13-26)19(14-17)31(28,29)23-20-15-30-24-22-20/h10-11,14-16,23H,2-9,12-13H2,1H3. The largest absolute Gasteiger partial charge is 0.372 e. The number of amides is 1. The summed E-state index contributed by atoms with van der Waals surface area (Å²) in [7, 11) is -2.00. The molecule has 0 unspecified atom stereocenters. The van der Waals surface area contributed by atoms with Crippen molar-refractivity contribution in [2.45, 2.75) is 62.3 Å². The molecule has 0 radical (unpaired) electrons. The highest BCUT2D eigenvalue weighted by molar-refractivity contribution is 7.92. The van der Waals surface area contributed by atoms with Gasteiger partial charge in [0.1, 0.15) is 4.90 Å². The number of hydrogen-bond acceptors (Lipinski definition) is 7. The third-order valence-corrected chi connectivity index (χ3v) is 8.16. The van der Waals surface area contributed by atoms with E-state index in [1.54, 1.807) is 17.0 Å². The zero-order valence-corrected chi connectivity index (χ0v) is 19.4. The lowest BCUT2D eigenvalue weighted by Crippen LogP contribution is -2.37. The van der Waals surface area contributed by atoms with Gasteiger partial charge in [0.2, 0.25) is 0 Å². The highest BCUT2D eigenvalue weighted by Crippen LogP contribution is 2.30. The van der Waals surface area contributed by atoms with E-state index in [1.807, 2.05) is 13.1 Å². The van der Waals surface area contributed by atoms with Gasteiger partial charge in [-0.2, -0.15) is 0 Å². The molecule has 168 valence electrons. The molecule has 1 aromatic carbocycles. The van der Waals surface area contributed by atoms with Crippen molar-refractivity contribution in [2.24, 2.45) is 0 Å². The number of nitrogens with zero attached hydrogens (tertiary/aromatic N) is 4. The molecule has 2 heterocycles. The van der Waals surface area contributed by atoms with E-state index in [0.717, 1.165) is 49.3 Å². The monoisotopic (exact) mass is 463 g/mol. The number of aromatic nitrogens is 2. The number of rotatable bonds is 6. The summed E-state index contributed by atoms with van der Waals surface area (Å²) in [6.45, 7) is 1.32. The molecule has 8 nitrogen and oxygen atoms in total.